The van der Waals surface area contributed by atoms with Crippen LogP contribution in [-0.2, 0) is 10.2 Å². The number of nitrogens with one attached hydrogen (secondary N) is 1. The lowest BCUT2D eigenvalue weighted by atomic mass is 9.96. The van der Waals surface area contributed by atoms with E-state index in [1.54, 1.807) is 0 Å². The van der Waals surface area contributed by atoms with Crippen molar-refractivity contribution in [1.29, 1.82) is 0 Å². The van der Waals surface area contributed by atoms with Crippen LogP contribution in [0.25, 0.3) is 0 Å². The van der Waals surface area contributed by atoms with Crippen LogP contribution in [0.4, 0.5) is 4.79 Å². The molecule has 4 heteroatoms. The summed E-state index contributed by atoms with van der Waals surface area (Å²) in [5.41, 5.74) is 0.926. The lowest BCUT2D eigenvalue weighted by Gasteiger charge is -2.22. The lowest BCUT2D eigenvalue weighted by molar-refractivity contribution is 0.0522. The number of hydrogen-bond acceptors (Lipinski definition) is 2. The summed E-state index contributed by atoms with van der Waals surface area (Å²) in [4.78, 5) is 11.7. The van der Waals surface area contributed by atoms with Gasteiger partial charge >= 0.3 is 6.09 Å². The summed E-state index contributed by atoms with van der Waals surface area (Å²) in [7, 11) is 0. The van der Waals surface area contributed by atoms with Crippen LogP contribution in [0.15, 0.2) is 28.7 Å². The number of rotatable bonds is 3. The summed E-state index contributed by atoms with van der Waals surface area (Å²) in [5.74, 6) is 0. The van der Waals surface area contributed by atoms with E-state index < -0.39 is 5.60 Å². The Hall–Kier alpha value is -1.03. The summed E-state index contributed by atoms with van der Waals surface area (Å²) in [6, 6.07) is 8.30. The molecule has 0 heterocycles. The van der Waals surface area contributed by atoms with Crippen molar-refractivity contribution >= 4 is 22.0 Å². The lowest BCUT2D eigenvalue weighted by Crippen LogP contribution is -2.37. The molecule has 2 rings (SSSR count). The monoisotopic (exact) mass is 325 g/mol. The zero-order chi connectivity index (χ0) is 14.1. The Labute approximate surface area is 122 Å². The highest BCUT2D eigenvalue weighted by atomic mass is 79.9. The number of halogens is 1. The van der Waals surface area contributed by atoms with Gasteiger partial charge in [0, 0.05) is 16.4 Å². The summed E-state index contributed by atoms with van der Waals surface area (Å²) in [6.07, 6.45) is 1.88. The molecule has 1 fully saturated rings. The molecule has 19 heavy (non-hydrogen) atoms. The van der Waals surface area contributed by atoms with Crippen LogP contribution in [0.2, 0.25) is 0 Å². The van der Waals surface area contributed by atoms with Crippen molar-refractivity contribution in [3.05, 3.63) is 34.3 Å². The van der Waals surface area contributed by atoms with E-state index in [0.29, 0.717) is 6.54 Å². The molecule has 1 aliphatic rings. The maximum atomic E-state index is 11.7. The SMILES string of the molecule is CC(C)(C)OC(=O)NCC1(c2cccc(Br)c2)CC1. The fraction of sp³-hybridized carbons (Fsp3) is 0.533. The Kier molecular flexibility index (Phi) is 3.90. The molecular weight excluding hydrogens is 306 g/mol. The van der Waals surface area contributed by atoms with Gasteiger partial charge in [0.25, 0.3) is 0 Å². The van der Waals surface area contributed by atoms with Gasteiger partial charge in [-0.3, -0.25) is 0 Å². The zero-order valence-corrected chi connectivity index (χ0v) is 13.2. The molecule has 0 aliphatic heterocycles. The number of carbonyl (C=O) groups is 1. The molecule has 0 bridgehead atoms. The van der Waals surface area contributed by atoms with Crippen molar-refractivity contribution in [2.75, 3.05) is 6.54 Å². The second kappa shape index (κ2) is 5.16. The number of ether oxygens (including phenoxy) is 1. The van der Waals surface area contributed by atoms with Crippen molar-refractivity contribution in [2.45, 2.75) is 44.6 Å². The van der Waals surface area contributed by atoms with Gasteiger partial charge in [-0.2, -0.15) is 0 Å². The van der Waals surface area contributed by atoms with Gasteiger partial charge in [-0.1, -0.05) is 28.1 Å². The summed E-state index contributed by atoms with van der Waals surface area (Å²) in [5, 5.41) is 2.88. The molecule has 1 aromatic rings. The van der Waals surface area contributed by atoms with Gasteiger partial charge in [-0.05, 0) is 51.3 Å². The minimum atomic E-state index is -0.448. The zero-order valence-electron chi connectivity index (χ0n) is 11.6. The Morgan fingerprint density at radius 3 is 2.63 bits per heavy atom. The van der Waals surface area contributed by atoms with E-state index in [-0.39, 0.29) is 11.5 Å². The Bertz CT molecular complexity index is 475. The fourth-order valence-corrected chi connectivity index (χ4v) is 2.49. The van der Waals surface area contributed by atoms with Gasteiger partial charge in [0.05, 0.1) is 0 Å². The van der Waals surface area contributed by atoms with Gasteiger partial charge < -0.3 is 10.1 Å². The average Bonchev–Trinajstić information content (AvgIpc) is 3.05. The number of amides is 1. The number of carbonyl (C=O) groups excluding carboxylic acids is 1. The van der Waals surface area contributed by atoms with Crippen LogP contribution in [0.1, 0.15) is 39.2 Å². The number of alkyl carbamates (subject to hydrolysis) is 1. The maximum Gasteiger partial charge on any atom is 0.407 e. The van der Waals surface area contributed by atoms with Crippen molar-refractivity contribution < 1.29 is 9.53 Å². The first-order chi connectivity index (χ1) is 8.81. The first kappa shape index (κ1) is 14.4. The van der Waals surface area contributed by atoms with Crippen molar-refractivity contribution in [3.63, 3.8) is 0 Å². The van der Waals surface area contributed by atoms with Crippen LogP contribution < -0.4 is 5.32 Å². The highest BCUT2D eigenvalue weighted by molar-refractivity contribution is 9.10. The number of benzene rings is 1. The summed E-state index contributed by atoms with van der Waals surface area (Å²) < 4.78 is 6.34. The largest absolute Gasteiger partial charge is 0.444 e. The van der Waals surface area contributed by atoms with Crippen LogP contribution in [0, 0.1) is 0 Å². The van der Waals surface area contributed by atoms with E-state index in [9.17, 15) is 4.79 Å². The molecule has 0 aromatic heterocycles. The van der Waals surface area contributed by atoms with Gasteiger partial charge in [-0.25, -0.2) is 4.79 Å². The average molecular weight is 326 g/mol. The highest BCUT2D eigenvalue weighted by Crippen LogP contribution is 2.48. The van der Waals surface area contributed by atoms with E-state index in [1.807, 2.05) is 32.9 Å². The quantitative estimate of drug-likeness (QED) is 0.911. The summed E-state index contributed by atoms with van der Waals surface area (Å²) >= 11 is 3.49. The third kappa shape index (κ3) is 3.96. The molecule has 1 saturated carbocycles. The van der Waals surface area contributed by atoms with Gasteiger partial charge in [0.2, 0.25) is 0 Å². The molecule has 3 nitrogen and oxygen atoms in total. The predicted molar refractivity (Wildman–Crippen MR) is 79.3 cm³/mol. The molecule has 0 spiro atoms. The van der Waals surface area contributed by atoms with Crippen molar-refractivity contribution in [2.24, 2.45) is 0 Å². The minimum Gasteiger partial charge on any atom is -0.444 e. The highest BCUT2D eigenvalue weighted by Gasteiger charge is 2.44. The van der Waals surface area contributed by atoms with Crippen LogP contribution in [0.5, 0.6) is 0 Å². The first-order valence-electron chi connectivity index (χ1n) is 6.54. The van der Waals surface area contributed by atoms with E-state index >= 15 is 0 Å². The third-order valence-corrected chi connectivity index (χ3v) is 3.75. The van der Waals surface area contributed by atoms with E-state index in [4.69, 9.17) is 4.74 Å². The molecule has 104 valence electrons. The van der Waals surface area contributed by atoms with Crippen molar-refractivity contribution in [3.8, 4) is 0 Å². The fourth-order valence-electron chi connectivity index (χ4n) is 2.09. The van der Waals surface area contributed by atoms with Gasteiger partial charge in [0.15, 0.2) is 0 Å². The van der Waals surface area contributed by atoms with Crippen LogP contribution >= 0.6 is 15.9 Å². The number of hydrogen-bond donors (Lipinski definition) is 1. The van der Waals surface area contributed by atoms with Crippen molar-refractivity contribution in [1.82, 2.24) is 5.32 Å². The molecule has 1 amide bonds. The molecule has 1 aromatic carbocycles. The van der Waals surface area contributed by atoms with E-state index in [0.717, 1.165) is 17.3 Å². The second-order valence-electron chi connectivity index (χ2n) is 6.15. The van der Waals surface area contributed by atoms with Crippen LogP contribution in [0.3, 0.4) is 0 Å². The van der Waals surface area contributed by atoms with E-state index in [1.165, 1.54) is 5.56 Å². The molecule has 0 saturated heterocycles. The third-order valence-electron chi connectivity index (χ3n) is 3.26. The Morgan fingerprint density at radius 2 is 2.11 bits per heavy atom. The second-order valence-corrected chi connectivity index (χ2v) is 7.06. The Balaban J connectivity index is 1.94. The topological polar surface area (TPSA) is 38.3 Å². The van der Waals surface area contributed by atoms with E-state index in [2.05, 4.69) is 33.4 Å². The van der Waals surface area contributed by atoms with Crippen LogP contribution in [-0.4, -0.2) is 18.2 Å². The minimum absolute atomic E-state index is 0.0979. The first-order valence-corrected chi connectivity index (χ1v) is 7.33. The van der Waals surface area contributed by atoms with Gasteiger partial charge in [-0.15, -0.1) is 0 Å². The normalized spacial score (nSPS) is 16.8. The predicted octanol–water partition coefficient (Wildman–Crippen LogP) is 4.01. The molecule has 0 unspecified atom stereocenters. The standard InChI is InChI=1S/C15H20BrNO2/c1-14(2,3)19-13(18)17-10-15(7-8-15)11-5-4-6-12(16)9-11/h4-6,9H,7-8,10H2,1-3H3,(H,17,18). The molecule has 0 radical (unpaired) electrons. The smallest absolute Gasteiger partial charge is 0.407 e. The summed E-state index contributed by atoms with van der Waals surface area (Å²) in [6.45, 7) is 6.24. The Morgan fingerprint density at radius 1 is 1.42 bits per heavy atom. The molecule has 0 atom stereocenters. The molecule has 1 N–H and O–H groups in total. The van der Waals surface area contributed by atoms with Gasteiger partial charge in [0.1, 0.15) is 5.60 Å². The maximum absolute atomic E-state index is 11.7. The molecular formula is C15H20BrNO2. The molecule has 1 aliphatic carbocycles.